The second-order valence-corrected chi connectivity index (χ2v) is 7.94. The molecule has 1 heterocycles. The van der Waals surface area contributed by atoms with Gasteiger partial charge < -0.3 is 15.5 Å². The number of para-hydroxylation sites is 1. The Kier molecular flexibility index (Phi) is 6.17. The number of nitrogens with one attached hydrogen (secondary N) is 2. The van der Waals surface area contributed by atoms with E-state index in [9.17, 15) is 9.59 Å². The van der Waals surface area contributed by atoms with Crippen molar-refractivity contribution in [1.29, 1.82) is 0 Å². The summed E-state index contributed by atoms with van der Waals surface area (Å²) in [7, 11) is 0. The topological polar surface area (TPSA) is 61.4 Å². The number of likely N-dealkylation sites (tertiary alicyclic amines) is 1. The van der Waals surface area contributed by atoms with Crippen molar-refractivity contribution in [3.63, 3.8) is 0 Å². The van der Waals surface area contributed by atoms with Crippen molar-refractivity contribution in [3.8, 4) is 0 Å². The predicted molar refractivity (Wildman–Crippen MR) is 104 cm³/mol. The third-order valence-electron chi connectivity index (χ3n) is 6.21. The molecule has 1 aliphatic heterocycles. The quantitative estimate of drug-likeness (QED) is 0.862. The Bertz CT molecular complexity index is 611. The number of nitrogens with zero attached hydrogens (tertiary/aromatic N) is 1. The Morgan fingerprint density at radius 2 is 1.69 bits per heavy atom. The van der Waals surface area contributed by atoms with Gasteiger partial charge in [-0.2, -0.15) is 0 Å². The zero-order valence-corrected chi connectivity index (χ0v) is 15.9. The van der Waals surface area contributed by atoms with E-state index in [1.54, 1.807) is 0 Å². The number of urea groups is 1. The summed E-state index contributed by atoms with van der Waals surface area (Å²) < 4.78 is 0. The zero-order chi connectivity index (χ0) is 18.5. The molecule has 0 spiro atoms. The molecule has 142 valence electrons. The van der Waals surface area contributed by atoms with Gasteiger partial charge in [0.1, 0.15) is 0 Å². The number of carbonyl (C=O) groups is 2. The summed E-state index contributed by atoms with van der Waals surface area (Å²) in [5.41, 5.74) is 0.803. The molecule has 0 bridgehead atoms. The maximum absolute atomic E-state index is 12.7. The van der Waals surface area contributed by atoms with Gasteiger partial charge in [0, 0.05) is 30.7 Å². The van der Waals surface area contributed by atoms with Gasteiger partial charge in [-0.05, 0) is 43.2 Å². The molecular formula is C21H31N3O2. The number of benzene rings is 1. The van der Waals surface area contributed by atoms with Gasteiger partial charge in [-0.15, -0.1) is 0 Å². The molecule has 3 atom stereocenters. The van der Waals surface area contributed by atoms with Crippen LogP contribution in [0.25, 0.3) is 0 Å². The van der Waals surface area contributed by atoms with Gasteiger partial charge in [0.25, 0.3) is 0 Å². The molecule has 3 rings (SSSR count). The van der Waals surface area contributed by atoms with E-state index in [2.05, 4.69) is 24.5 Å². The Morgan fingerprint density at radius 3 is 2.38 bits per heavy atom. The van der Waals surface area contributed by atoms with E-state index in [0.717, 1.165) is 24.9 Å². The standard InChI is InChI=1S/C21H31N3O2/c1-15-7-6-10-19(16(15)2)23-20(25)17-11-13-24(14-12-17)21(26)22-18-8-4-3-5-9-18/h3-5,8-9,15-17,19H,6-7,10-14H2,1-2H3,(H,22,26)(H,23,25)/t15-,16+,19-/m1/s1. The van der Waals surface area contributed by atoms with Crippen LogP contribution in [-0.2, 0) is 4.79 Å². The molecule has 1 saturated carbocycles. The van der Waals surface area contributed by atoms with Crippen LogP contribution in [0.5, 0.6) is 0 Å². The predicted octanol–water partition coefficient (Wildman–Crippen LogP) is 3.87. The van der Waals surface area contributed by atoms with Crippen LogP contribution in [0, 0.1) is 17.8 Å². The van der Waals surface area contributed by atoms with E-state index < -0.39 is 0 Å². The van der Waals surface area contributed by atoms with Crippen LogP contribution in [0.15, 0.2) is 30.3 Å². The van der Waals surface area contributed by atoms with Crippen LogP contribution in [0.2, 0.25) is 0 Å². The van der Waals surface area contributed by atoms with Gasteiger partial charge in [0.2, 0.25) is 5.91 Å². The van der Waals surface area contributed by atoms with Crippen LogP contribution in [0.1, 0.15) is 46.0 Å². The largest absolute Gasteiger partial charge is 0.353 e. The Morgan fingerprint density at radius 1 is 1.00 bits per heavy atom. The van der Waals surface area contributed by atoms with Crippen molar-refractivity contribution in [2.75, 3.05) is 18.4 Å². The normalized spacial score (nSPS) is 27.0. The minimum absolute atomic E-state index is 0.0280. The van der Waals surface area contributed by atoms with E-state index in [4.69, 9.17) is 0 Å². The second-order valence-electron chi connectivity index (χ2n) is 7.94. The van der Waals surface area contributed by atoms with Crippen molar-refractivity contribution in [1.82, 2.24) is 10.2 Å². The van der Waals surface area contributed by atoms with Crippen LogP contribution in [-0.4, -0.2) is 36.0 Å². The summed E-state index contributed by atoms with van der Waals surface area (Å²) >= 11 is 0. The van der Waals surface area contributed by atoms with Gasteiger partial charge >= 0.3 is 6.03 Å². The van der Waals surface area contributed by atoms with E-state index in [0.29, 0.717) is 31.0 Å². The summed E-state index contributed by atoms with van der Waals surface area (Å²) in [6.07, 6.45) is 5.04. The molecule has 26 heavy (non-hydrogen) atoms. The van der Waals surface area contributed by atoms with E-state index in [-0.39, 0.29) is 17.9 Å². The average Bonchev–Trinajstić information content (AvgIpc) is 2.66. The monoisotopic (exact) mass is 357 g/mol. The summed E-state index contributed by atoms with van der Waals surface area (Å²) in [5.74, 6) is 1.43. The van der Waals surface area contributed by atoms with Crippen LogP contribution >= 0.6 is 0 Å². The molecule has 0 radical (unpaired) electrons. The van der Waals surface area contributed by atoms with Gasteiger partial charge in [0.05, 0.1) is 0 Å². The molecule has 2 N–H and O–H groups in total. The summed E-state index contributed by atoms with van der Waals surface area (Å²) in [6.45, 7) is 5.80. The molecule has 5 nitrogen and oxygen atoms in total. The highest BCUT2D eigenvalue weighted by Gasteiger charge is 2.32. The van der Waals surface area contributed by atoms with Gasteiger partial charge in [0.15, 0.2) is 0 Å². The SMILES string of the molecule is C[C@H]1[C@H](C)CCC[C@H]1NC(=O)C1CCN(C(=O)Nc2ccccc2)CC1. The van der Waals surface area contributed by atoms with Crippen LogP contribution in [0.3, 0.4) is 0 Å². The molecule has 0 unspecified atom stereocenters. The lowest BCUT2D eigenvalue weighted by molar-refractivity contribution is -0.127. The molecule has 1 saturated heterocycles. The lowest BCUT2D eigenvalue weighted by Gasteiger charge is -2.37. The second kappa shape index (κ2) is 8.56. The zero-order valence-electron chi connectivity index (χ0n) is 15.9. The van der Waals surface area contributed by atoms with Crippen molar-refractivity contribution in [2.24, 2.45) is 17.8 Å². The number of piperidine rings is 1. The summed E-state index contributed by atoms with van der Waals surface area (Å²) in [6, 6.07) is 9.72. The van der Waals surface area contributed by atoms with Gasteiger partial charge in [-0.1, -0.05) is 44.9 Å². The lowest BCUT2D eigenvalue weighted by atomic mass is 9.78. The molecule has 1 aliphatic carbocycles. The van der Waals surface area contributed by atoms with Crippen LogP contribution < -0.4 is 10.6 Å². The van der Waals surface area contributed by atoms with Gasteiger partial charge in [-0.3, -0.25) is 4.79 Å². The molecule has 2 aliphatic rings. The van der Waals surface area contributed by atoms with E-state index >= 15 is 0 Å². The van der Waals surface area contributed by atoms with Crippen molar-refractivity contribution >= 4 is 17.6 Å². The van der Waals surface area contributed by atoms with Crippen LogP contribution in [0.4, 0.5) is 10.5 Å². The minimum atomic E-state index is -0.0789. The number of rotatable bonds is 3. The fourth-order valence-electron chi connectivity index (χ4n) is 4.16. The third kappa shape index (κ3) is 4.57. The smallest absolute Gasteiger partial charge is 0.321 e. The molecular weight excluding hydrogens is 326 g/mol. The maximum atomic E-state index is 12.7. The van der Waals surface area contributed by atoms with E-state index in [1.807, 2.05) is 35.2 Å². The highest BCUT2D eigenvalue weighted by molar-refractivity contribution is 5.89. The first-order valence-electron chi connectivity index (χ1n) is 9.96. The highest BCUT2D eigenvalue weighted by atomic mass is 16.2. The maximum Gasteiger partial charge on any atom is 0.321 e. The Labute approximate surface area is 156 Å². The lowest BCUT2D eigenvalue weighted by Crippen LogP contribution is -2.49. The van der Waals surface area contributed by atoms with Crippen molar-refractivity contribution in [3.05, 3.63) is 30.3 Å². The Balaban J connectivity index is 1.45. The molecule has 1 aromatic rings. The fourth-order valence-corrected chi connectivity index (χ4v) is 4.16. The fraction of sp³-hybridized carbons (Fsp3) is 0.619. The molecule has 1 aromatic carbocycles. The number of anilines is 1. The molecule has 3 amide bonds. The Hall–Kier alpha value is -2.04. The van der Waals surface area contributed by atoms with E-state index in [1.165, 1.54) is 12.8 Å². The number of carbonyl (C=O) groups excluding carboxylic acids is 2. The number of hydrogen-bond donors (Lipinski definition) is 2. The first kappa shape index (κ1) is 18.7. The third-order valence-corrected chi connectivity index (χ3v) is 6.21. The highest BCUT2D eigenvalue weighted by Crippen LogP contribution is 2.30. The first-order valence-corrected chi connectivity index (χ1v) is 9.96. The molecule has 5 heteroatoms. The summed E-state index contributed by atoms with van der Waals surface area (Å²) in [4.78, 5) is 26.8. The molecule has 2 fully saturated rings. The minimum Gasteiger partial charge on any atom is -0.353 e. The van der Waals surface area contributed by atoms with Gasteiger partial charge in [-0.25, -0.2) is 4.79 Å². The summed E-state index contributed by atoms with van der Waals surface area (Å²) in [5, 5.41) is 6.21. The van der Waals surface area contributed by atoms with Crippen molar-refractivity contribution < 1.29 is 9.59 Å². The first-order chi connectivity index (χ1) is 12.5. The number of amides is 3. The number of hydrogen-bond acceptors (Lipinski definition) is 2. The van der Waals surface area contributed by atoms with Crippen molar-refractivity contribution in [2.45, 2.75) is 52.0 Å². The molecule has 0 aromatic heterocycles. The average molecular weight is 357 g/mol.